The molecular weight excluding hydrogens is 242 g/mol. The summed E-state index contributed by atoms with van der Waals surface area (Å²) in [5, 5.41) is 13.5. The molecule has 1 aliphatic heterocycles. The summed E-state index contributed by atoms with van der Waals surface area (Å²) in [6.07, 6.45) is 0.780. The van der Waals surface area contributed by atoms with Crippen LogP contribution in [0.2, 0.25) is 5.02 Å². The Bertz CT molecular complexity index is 370. The molecule has 2 unspecified atom stereocenters. The molecule has 0 radical (unpaired) electrons. The molecule has 0 amide bonds. The summed E-state index contributed by atoms with van der Waals surface area (Å²) >= 11 is 7.99. The zero-order valence-electron chi connectivity index (χ0n) is 9.24. The van der Waals surface area contributed by atoms with E-state index >= 15 is 0 Å². The Morgan fingerprint density at radius 1 is 1.62 bits per heavy atom. The lowest BCUT2D eigenvalue weighted by atomic mass is 10.0. The highest BCUT2D eigenvalue weighted by Crippen LogP contribution is 2.40. The van der Waals surface area contributed by atoms with Crippen molar-refractivity contribution in [2.24, 2.45) is 0 Å². The predicted molar refractivity (Wildman–Crippen MR) is 69.2 cm³/mol. The van der Waals surface area contributed by atoms with Crippen LogP contribution < -0.4 is 5.32 Å². The number of benzene rings is 1. The molecule has 1 aromatic rings. The summed E-state index contributed by atoms with van der Waals surface area (Å²) in [5.41, 5.74) is 1.27. The number of halogens is 1. The molecule has 2 atom stereocenters. The number of aliphatic hydroxyl groups is 1. The molecule has 0 saturated carbocycles. The monoisotopic (exact) mass is 257 g/mol. The van der Waals surface area contributed by atoms with Gasteiger partial charge in [-0.05, 0) is 30.7 Å². The first kappa shape index (κ1) is 12.2. The minimum atomic E-state index is -0.308. The molecule has 16 heavy (non-hydrogen) atoms. The van der Waals surface area contributed by atoms with Crippen LogP contribution in [0.5, 0.6) is 0 Å². The van der Waals surface area contributed by atoms with Crippen molar-refractivity contribution in [2.75, 3.05) is 12.3 Å². The number of fused-ring (bicyclic) bond motifs is 1. The third-order valence-corrected chi connectivity index (χ3v) is 4.30. The van der Waals surface area contributed by atoms with Gasteiger partial charge in [0.2, 0.25) is 0 Å². The van der Waals surface area contributed by atoms with Crippen molar-refractivity contribution in [3.8, 4) is 0 Å². The molecule has 1 aromatic carbocycles. The number of rotatable bonds is 3. The van der Waals surface area contributed by atoms with E-state index in [-0.39, 0.29) is 6.10 Å². The van der Waals surface area contributed by atoms with Gasteiger partial charge in [-0.25, -0.2) is 0 Å². The Balaban J connectivity index is 2.16. The lowest BCUT2D eigenvalue weighted by Gasteiger charge is -2.27. The minimum absolute atomic E-state index is 0.308. The largest absolute Gasteiger partial charge is 0.392 e. The number of hydrogen-bond acceptors (Lipinski definition) is 3. The second-order valence-electron chi connectivity index (χ2n) is 4.11. The maximum atomic E-state index is 9.29. The van der Waals surface area contributed by atoms with Crippen LogP contribution in [0.25, 0.3) is 0 Å². The van der Waals surface area contributed by atoms with Crippen molar-refractivity contribution in [1.29, 1.82) is 0 Å². The average molecular weight is 258 g/mol. The standard InChI is InChI=1S/C12H16ClNOS/c1-8(15)7-14-11-5-6-16-12-9(11)3-2-4-10(12)13/h2-4,8,11,14-15H,5-7H2,1H3. The average Bonchev–Trinajstić information content (AvgIpc) is 2.27. The highest BCUT2D eigenvalue weighted by molar-refractivity contribution is 7.99. The molecule has 0 spiro atoms. The van der Waals surface area contributed by atoms with Gasteiger partial charge < -0.3 is 10.4 Å². The SMILES string of the molecule is CC(O)CNC1CCSc2c(Cl)cccc21. The summed E-state index contributed by atoms with van der Waals surface area (Å²) in [6.45, 7) is 2.42. The van der Waals surface area contributed by atoms with Gasteiger partial charge in [-0.15, -0.1) is 11.8 Å². The second kappa shape index (κ2) is 5.41. The fraction of sp³-hybridized carbons (Fsp3) is 0.500. The lowest BCUT2D eigenvalue weighted by molar-refractivity contribution is 0.185. The van der Waals surface area contributed by atoms with Crippen LogP contribution in [0.15, 0.2) is 23.1 Å². The van der Waals surface area contributed by atoms with Crippen molar-refractivity contribution >= 4 is 23.4 Å². The van der Waals surface area contributed by atoms with Gasteiger partial charge >= 0.3 is 0 Å². The molecular formula is C12H16ClNOS. The van der Waals surface area contributed by atoms with Gasteiger partial charge in [-0.2, -0.15) is 0 Å². The summed E-state index contributed by atoms with van der Waals surface area (Å²) in [7, 11) is 0. The topological polar surface area (TPSA) is 32.3 Å². The van der Waals surface area contributed by atoms with Crippen molar-refractivity contribution in [3.63, 3.8) is 0 Å². The van der Waals surface area contributed by atoms with Crippen LogP contribution in [-0.2, 0) is 0 Å². The molecule has 2 nitrogen and oxygen atoms in total. The molecule has 1 heterocycles. The molecule has 0 aromatic heterocycles. The normalized spacial score (nSPS) is 21.6. The Morgan fingerprint density at radius 3 is 3.19 bits per heavy atom. The third-order valence-electron chi connectivity index (χ3n) is 2.69. The van der Waals surface area contributed by atoms with Crippen LogP contribution in [0.1, 0.15) is 24.9 Å². The van der Waals surface area contributed by atoms with E-state index in [9.17, 15) is 5.11 Å². The molecule has 2 rings (SSSR count). The molecule has 4 heteroatoms. The summed E-state index contributed by atoms with van der Waals surface area (Å²) in [4.78, 5) is 1.19. The first-order valence-corrected chi connectivity index (χ1v) is 6.87. The van der Waals surface area contributed by atoms with Gasteiger partial charge in [0, 0.05) is 17.5 Å². The van der Waals surface area contributed by atoms with Gasteiger partial charge in [-0.3, -0.25) is 0 Å². The first-order valence-electron chi connectivity index (χ1n) is 5.51. The van der Waals surface area contributed by atoms with E-state index in [1.165, 1.54) is 10.5 Å². The number of nitrogens with one attached hydrogen (secondary N) is 1. The zero-order chi connectivity index (χ0) is 11.5. The van der Waals surface area contributed by atoms with E-state index in [1.54, 1.807) is 6.92 Å². The summed E-state index contributed by atoms with van der Waals surface area (Å²) in [5.74, 6) is 1.08. The molecule has 0 bridgehead atoms. The number of aliphatic hydroxyl groups excluding tert-OH is 1. The Labute approximate surface area is 105 Å². The van der Waals surface area contributed by atoms with Crippen molar-refractivity contribution in [3.05, 3.63) is 28.8 Å². The molecule has 0 saturated heterocycles. The smallest absolute Gasteiger partial charge is 0.0636 e. The van der Waals surface area contributed by atoms with Gasteiger partial charge in [0.05, 0.1) is 11.1 Å². The highest BCUT2D eigenvalue weighted by Gasteiger charge is 2.21. The van der Waals surface area contributed by atoms with Gasteiger partial charge in [-0.1, -0.05) is 23.7 Å². The van der Waals surface area contributed by atoms with Crippen molar-refractivity contribution in [1.82, 2.24) is 5.32 Å². The van der Waals surface area contributed by atoms with Crippen LogP contribution >= 0.6 is 23.4 Å². The maximum Gasteiger partial charge on any atom is 0.0636 e. The van der Waals surface area contributed by atoms with Crippen molar-refractivity contribution < 1.29 is 5.11 Å². The zero-order valence-corrected chi connectivity index (χ0v) is 10.8. The molecule has 2 N–H and O–H groups in total. The molecule has 88 valence electrons. The third kappa shape index (κ3) is 2.72. The highest BCUT2D eigenvalue weighted by atomic mass is 35.5. The Hall–Kier alpha value is -0.220. The van der Waals surface area contributed by atoms with Crippen LogP contribution in [-0.4, -0.2) is 23.5 Å². The fourth-order valence-electron chi connectivity index (χ4n) is 1.91. The van der Waals surface area contributed by atoms with E-state index < -0.39 is 0 Å². The molecule has 0 fully saturated rings. The van der Waals surface area contributed by atoms with E-state index in [4.69, 9.17) is 11.6 Å². The van der Waals surface area contributed by atoms with Gasteiger partial charge in [0.1, 0.15) is 0 Å². The quantitative estimate of drug-likeness (QED) is 0.874. The Kier molecular flexibility index (Phi) is 4.14. The fourth-order valence-corrected chi connectivity index (χ4v) is 3.40. The van der Waals surface area contributed by atoms with E-state index in [0.717, 1.165) is 17.2 Å². The van der Waals surface area contributed by atoms with E-state index in [0.29, 0.717) is 12.6 Å². The predicted octanol–water partition coefficient (Wildman–Crippen LogP) is 2.85. The summed E-state index contributed by atoms with van der Waals surface area (Å²) < 4.78 is 0. The Morgan fingerprint density at radius 2 is 2.44 bits per heavy atom. The summed E-state index contributed by atoms with van der Waals surface area (Å²) in [6, 6.07) is 6.37. The second-order valence-corrected chi connectivity index (χ2v) is 5.62. The van der Waals surface area contributed by atoms with E-state index in [1.807, 2.05) is 23.9 Å². The first-order chi connectivity index (χ1) is 7.68. The van der Waals surface area contributed by atoms with E-state index in [2.05, 4.69) is 11.4 Å². The van der Waals surface area contributed by atoms with Crippen molar-refractivity contribution in [2.45, 2.75) is 30.4 Å². The molecule has 0 aliphatic carbocycles. The number of hydrogen-bond donors (Lipinski definition) is 2. The maximum absolute atomic E-state index is 9.29. The van der Waals surface area contributed by atoms with Crippen LogP contribution in [0, 0.1) is 0 Å². The van der Waals surface area contributed by atoms with Crippen LogP contribution in [0.3, 0.4) is 0 Å². The molecule has 1 aliphatic rings. The van der Waals surface area contributed by atoms with Gasteiger partial charge in [0.15, 0.2) is 0 Å². The van der Waals surface area contributed by atoms with Crippen LogP contribution in [0.4, 0.5) is 0 Å². The number of thioether (sulfide) groups is 1. The lowest BCUT2D eigenvalue weighted by Crippen LogP contribution is -2.30. The van der Waals surface area contributed by atoms with Gasteiger partial charge in [0.25, 0.3) is 0 Å². The minimum Gasteiger partial charge on any atom is -0.392 e.